The second-order valence-electron chi connectivity index (χ2n) is 10.4. The molecule has 0 spiro atoms. The van der Waals surface area contributed by atoms with Crippen molar-refractivity contribution in [2.45, 2.75) is 56.8 Å². The summed E-state index contributed by atoms with van der Waals surface area (Å²) in [5.74, 6) is 0.407. The van der Waals surface area contributed by atoms with E-state index in [1.54, 1.807) is 11.0 Å². The zero-order valence-corrected chi connectivity index (χ0v) is 22.1. The lowest BCUT2D eigenvalue weighted by atomic mass is 9.96. The summed E-state index contributed by atoms with van der Waals surface area (Å²) >= 11 is 0. The SMILES string of the molecule is CS(=O)(=O)N1CCC(Nc2cc(C(=O)N3CC[C@H](O)[C@@H](N4CCc5ccccc5C4)CC3)ncn2)CC1. The van der Waals surface area contributed by atoms with E-state index in [0.717, 1.165) is 19.5 Å². The van der Waals surface area contributed by atoms with Gasteiger partial charge in [-0.1, -0.05) is 24.3 Å². The minimum Gasteiger partial charge on any atom is -0.391 e. The molecule has 2 aromatic rings. The van der Waals surface area contributed by atoms with E-state index in [-0.39, 0.29) is 18.0 Å². The van der Waals surface area contributed by atoms with Crippen molar-refractivity contribution in [3.05, 3.63) is 53.5 Å². The van der Waals surface area contributed by atoms with Crippen molar-refractivity contribution in [1.29, 1.82) is 0 Å². The highest BCUT2D eigenvalue weighted by Gasteiger charge is 2.33. The van der Waals surface area contributed by atoms with E-state index in [1.807, 2.05) is 0 Å². The summed E-state index contributed by atoms with van der Waals surface area (Å²) in [6.07, 6.45) is 5.71. The van der Waals surface area contributed by atoms with Crippen molar-refractivity contribution >= 4 is 21.7 Å². The molecule has 2 saturated heterocycles. The van der Waals surface area contributed by atoms with Crippen LogP contribution in [0.1, 0.15) is 47.3 Å². The highest BCUT2D eigenvalue weighted by Crippen LogP contribution is 2.26. The molecule has 1 aromatic carbocycles. The molecule has 1 aromatic heterocycles. The Labute approximate surface area is 218 Å². The molecular formula is C26H36N6O4S. The fourth-order valence-electron chi connectivity index (χ4n) is 5.76. The molecule has 2 N–H and O–H groups in total. The molecular weight excluding hydrogens is 492 g/mol. The highest BCUT2D eigenvalue weighted by atomic mass is 32.2. The molecule has 0 bridgehead atoms. The van der Waals surface area contributed by atoms with Gasteiger partial charge in [0.15, 0.2) is 0 Å². The molecule has 11 heteroatoms. The molecule has 3 aliphatic rings. The number of aromatic nitrogens is 2. The van der Waals surface area contributed by atoms with E-state index in [4.69, 9.17) is 0 Å². The van der Waals surface area contributed by atoms with Crippen molar-refractivity contribution in [3.8, 4) is 0 Å². The first-order valence-corrected chi connectivity index (χ1v) is 14.9. The second-order valence-corrected chi connectivity index (χ2v) is 12.3. The van der Waals surface area contributed by atoms with Gasteiger partial charge in [-0.15, -0.1) is 0 Å². The monoisotopic (exact) mass is 528 g/mol. The van der Waals surface area contributed by atoms with Crippen LogP contribution in [0.25, 0.3) is 0 Å². The number of hydrogen-bond donors (Lipinski definition) is 2. The van der Waals surface area contributed by atoms with Crippen LogP contribution < -0.4 is 5.32 Å². The number of nitrogens with one attached hydrogen (secondary N) is 1. The third-order valence-corrected chi connectivity index (χ3v) is 9.21. The number of carbonyl (C=O) groups excluding carboxylic acids is 1. The number of likely N-dealkylation sites (tertiary alicyclic amines) is 1. The molecule has 2 atom stereocenters. The van der Waals surface area contributed by atoms with Gasteiger partial charge in [0.25, 0.3) is 5.91 Å². The van der Waals surface area contributed by atoms with Gasteiger partial charge >= 0.3 is 0 Å². The lowest BCUT2D eigenvalue weighted by Gasteiger charge is -2.37. The van der Waals surface area contributed by atoms with Crippen LogP contribution in [0, 0.1) is 0 Å². The van der Waals surface area contributed by atoms with Gasteiger partial charge in [-0.25, -0.2) is 22.7 Å². The third-order valence-electron chi connectivity index (χ3n) is 7.91. The summed E-state index contributed by atoms with van der Waals surface area (Å²) in [5, 5.41) is 14.3. The summed E-state index contributed by atoms with van der Waals surface area (Å²) in [4.78, 5) is 26.0. The molecule has 0 unspecified atom stereocenters. The molecule has 200 valence electrons. The summed E-state index contributed by atoms with van der Waals surface area (Å²) in [6, 6.07) is 10.3. The maximum absolute atomic E-state index is 13.3. The number of anilines is 1. The fourth-order valence-corrected chi connectivity index (χ4v) is 6.63. The number of sulfonamides is 1. The Balaban J connectivity index is 1.19. The van der Waals surface area contributed by atoms with Gasteiger partial charge in [-0.05, 0) is 43.2 Å². The largest absolute Gasteiger partial charge is 0.391 e. The van der Waals surface area contributed by atoms with Crippen molar-refractivity contribution in [1.82, 2.24) is 24.1 Å². The van der Waals surface area contributed by atoms with Crippen LogP contribution in [-0.4, -0.2) is 101 Å². The Morgan fingerprint density at radius 3 is 2.49 bits per heavy atom. The number of amides is 1. The lowest BCUT2D eigenvalue weighted by molar-refractivity contribution is 0.0394. The second kappa shape index (κ2) is 11.0. The normalized spacial score (nSPS) is 24.3. The Morgan fingerprint density at radius 2 is 1.73 bits per heavy atom. The summed E-state index contributed by atoms with van der Waals surface area (Å²) in [7, 11) is -3.18. The molecule has 37 heavy (non-hydrogen) atoms. The summed E-state index contributed by atoms with van der Waals surface area (Å²) in [6.45, 7) is 3.72. The highest BCUT2D eigenvalue weighted by molar-refractivity contribution is 7.88. The van der Waals surface area contributed by atoms with Gasteiger partial charge < -0.3 is 15.3 Å². The predicted octanol–water partition coefficient (Wildman–Crippen LogP) is 1.34. The van der Waals surface area contributed by atoms with Crippen LogP contribution in [0.4, 0.5) is 5.82 Å². The van der Waals surface area contributed by atoms with Crippen LogP contribution >= 0.6 is 0 Å². The maximum atomic E-state index is 13.3. The molecule has 4 heterocycles. The molecule has 10 nitrogen and oxygen atoms in total. The summed E-state index contributed by atoms with van der Waals surface area (Å²) in [5.41, 5.74) is 3.03. The summed E-state index contributed by atoms with van der Waals surface area (Å²) < 4.78 is 25.0. The van der Waals surface area contributed by atoms with Gasteiger partial charge in [0.1, 0.15) is 17.8 Å². The average molecular weight is 529 g/mol. The minimum atomic E-state index is -3.18. The Bertz CT molecular complexity index is 1220. The number of aliphatic hydroxyl groups is 1. The minimum absolute atomic E-state index is 0.0200. The smallest absolute Gasteiger partial charge is 0.272 e. The number of rotatable bonds is 5. The molecule has 5 rings (SSSR count). The Hall–Kier alpha value is -2.60. The van der Waals surface area contributed by atoms with Gasteiger partial charge in [-0.3, -0.25) is 9.69 Å². The Kier molecular flexibility index (Phi) is 7.75. The molecule has 0 aliphatic carbocycles. The predicted molar refractivity (Wildman–Crippen MR) is 141 cm³/mol. The van der Waals surface area contributed by atoms with Gasteiger partial charge in [0.05, 0.1) is 12.4 Å². The molecule has 3 aliphatic heterocycles. The molecule has 1 amide bonds. The molecule has 2 fully saturated rings. The van der Waals surface area contributed by atoms with Crippen molar-refractivity contribution in [2.75, 3.05) is 44.3 Å². The van der Waals surface area contributed by atoms with Crippen molar-refractivity contribution < 1.29 is 18.3 Å². The van der Waals surface area contributed by atoms with E-state index in [2.05, 4.69) is 44.5 Å². The van der Waals surface area contributed by atoms with Crippen LogP contribution in [0.5, 0.6) is 0 Å². The topological polar surface area (TPSA) is 119 Å². The van der Waals surface area contributed by atoms with Crippen LogP contribution in [0.15, 0.2) is 36.7 Å². The third kappa shape index (κ3) is 6.11. The fraction of sp³-hybridized carbons (Fsp3) is 0.577. The number of piperidine rings is 1. The van der Waals surface area contributed by atoms with E-state index < -0.39 is 16.1 Å². The zero-order valence-electron chi connectivity index (χ0n) is 21.3. The van der Waals surface area contributed by atoms with Gasteiger partial charge in [0.2, 0.25) is 10.0 Å². The Morgan fingerprint density at radius 1 is 1.00 bits per heavy atom. The standard InChI is InChI=1S/C26H36N6O4S/c1-37(35,36)32-14-7-21(8-15-32)29-25-16-22(27-18-28-25)26(34)30-12-9-23(24(33)10-13-30)31-11-6-19-4-2-3-5-20(19)17-31/h2-5,16,18,21,23-24,33H,6-15,17H2,1H3,(H,27,28,29)/t23-,24-/m0/s1. The average Bonchev–Trinajstić information content (AvgIpc) is 3.09. The number of nitrogens with zero attached hydrogens (tertiary/aromatic N) is 5. The van der Waals surface area contributed by atoms with Crippen LogP contribution in [-0.2, 0) is 23.0 Å². The molecule has 0 saturated carbocycles. The number of benzene rings is 1. The number of fused-ring (bicyclic) bond motifs is 1. The van der Waals surface area contributed by atoms with Crippen LogP contribution in [0.2, 0.25) is 0 Å². The molecule has 0 radical (unpaired) electrons. The van der Waals surface area contributed by atoms with Crippen molar-refractivity contribution in [3.63, 3.8) is 0 Å². The quantitative estimate of drug-likeness (QED) is 0.597. The number of carbonyl (C=O) groups is 1. The van der Waals surface area contributed by atoms with Gasteiger partial charge in [-0.2, -0.15) is 0 Å². The first-order chi connectivity index (χ1) is 17.8. The number of hydrogen-bond acceptors (Lipinski definition) is 8. The number of aliphatic hydroxyl groups excluding tert-OH is 1. The van der Waals surface area contributed by atoms with Crippen molar-refractivity contribution in [2.24, 2.45) is 0 Å². The van der Waals surface area contributed by atoms with E-state index in [0.29, 0.717) is 63.4 Å². The van der Waals surface area contributed by atoms with Gasteiger partial charge in [0, 0.05) is 57.4 Å². The van der Waals surface area contributed by atoms with Crippen LogP contribution in [0.3, 0.4) is 0 Å². The van der Waals surface area contributed by atoms with E-state index >= 15 is 0 Å². The lowest BCUT2D eigenvalue weighted by Crippen LogP contribution is -2.46. The first kappa shape index (κ1) is 26.0. The first-order valence-electron chi connectivity index (χ1n) is 13.1. The maximum Gasteiger partial charge on any atom is 0.272 e. The van der Waals surface area contributed by atoms with E-state index in [9.17, 15) is 18.3 Å². The zero-order chi connectivity index (χ0) is 26.0. The van der Waals surface area contributed by atoms with E-state index in [1.165, 1.54) is 28.0 Å².